The molecule has 0 radical (unpaired) electrons. The van der Waals surface area contributed by atoms with Crippen LogP contribution >= 0.6 is 0 Å². The van der Waals surface area contributed by atoms with Gasteiger partial charge in [-0.2, -0.15) is 0 Å². The van der Waals surface area contributed by atoms with E-state index >= 15 is 0 Å². The van der Waals surface area contributed by atoms with Crippen LogP contribution in [0.1, 0.15) is 72.8 Å². The molecule has 0 N–H and O–H groups in total. The maximum atomic E-state index is 12.7. The van der Waals surface area contributed by atoms with E-state index in [0.717, 1.165) is 19.3 Å². The molecule has 0 saturated heterocycles. The van der Waals surface area contributed by atoms with Crippen LogP contribution in [0.2, 0.25) is 0 Å². The van der Waals surface area contributed by atoms with Gasteiger partial charge in [-0.3, -0.25) is 19.2 Å². The molecule has 0 aliphatic rings. The molecule has 214 valence electrons. The van der Waals surface area contributed by atoms with Gasteiger partial charge in [-0.05, 0) is 64.7 Å². The van der Waals surface area contributed by atoms with Gasteiger partial charge in [-0.1, -0.05) is 38.8 Å². The van der Waals surface area contributed by atoms with Gasteiger partial charge >= 0.3 is 23.9 Å². The van der Waals surface area contributed by atoms with Crippen LogP contribution in [-0.2, 0) is 44.5 Å². The quantitative estimate of drug-likeness (QED) is 0.129. The van der Waals surface area contributed by atoms with Crippen LogP contribution in [0, 0.1) is 16.2 Å². The van der Waals surface area contributed by atoms with Gasteiger partial charge in [-0.25, -0.2) is 0 Å². The molecular formula is C29H44O9. The first kappa shape index (κ1) is 32.9. The SMILES string of the molecule is CCCCCc1ccc(OCC(CC)(COC(=O)C(C)(C)C(=O)OC)COC(=O)C(C)(C)C(=O)OC)cc1. The van der Waals surface area contributed by atoms with Crippen molar-refractivity contribution in [3.63, 3.8) is 0 Å². The molecule has 0 aromatic heterocycles. The van der Waals surface area contributed by atoms with Gasteiger partial charge in [-0.15, -0.1) is 0 Å². The van der Waals surface area contributed by atoms with E-state index in [1.54, 1.807) is 0 Å². The van der Waals surface area contributed by atoms with Crippen LogP contribution in [0.5, 0.6) is 5.75 Å². The van der Waals surface area contributed by atoms with Crippen molar-refractivity contribution in [1.29, 1.82) is 0 Å². The first-order chi connectivity index (χ1) is 17.8. The van der Waals surface area contributed by atoms with Crippen molar-refractivity contribution < 1.29 is 42.9 Å². The molecule has 0 bridgehead atoms. The number of rotatable bonds is 16. The number of benzene rings is 1. The summed E-state index contributed by atoms with van der Waals surface area (Å²) >= 11 is 0. The minimum atomic E-state index is -1.52. The molecule has 9 heteroatoms. The summed E-state index contributed by atoms with van der Waals surface area (Å²) in [6.45, 7) is 9.32. The van der Waals surface area contributed by atoms with Crippen molar-refractivity contribution in [1.82, 2.24) is 0 Å². The van der Waals surface area contributed by atoms with Crippen molar-refractivity contribution in [2.75, 3.05) is 34.0 Å². The maximum absolute atomic E-state index is 12.7. The topological polar surface area (TPSA) is 114 Å². The maximum Gasteiger partial charge on any atom is 0.322 e. The second-order valence-corrected chi connectivity index (χ2v) is 10.6. The first-order valence-electron chi connectivity index (χ1n) is 13.0. The molecular weight excluding hydrogens is 492 g/mol. The van der Waals surface area contributed by atoms with E-state index in [-0.39, 0.29) is 19.8 Å². The van der Waals surface area contributed by atoms with E-state index in [4.69, 9.17) is 23.7 Å². The van der Waals surface area contributed by atoms with E-state index in [9.17, 15) is 19.2 Å². The highest BCUT2D eigenvalue weighted by Crippen LogP contribution is 2.30. The number of methoxy groups -OCH3 is 2. The molecule has 0 saturated carbocycles. The Morgan fingerprint density at radius 1 is 0.684 bits per heavy atom. The number of unbranched alkanes of at least 4 members (excludes halogenated alkanes) is 2. The Morgan fingerprint density at radius 3 is 1.55 bits per heavy atom. The second kappa shape index (κ2) is 14.7. The zero-order chi connectivity index (χ0) is 29.0. The fraction of sp³-hybridized carbons (Fsp3) is 0.655. The standard InChI is InChI=1S/C29H44O9/c1-9-11-12-13-21-14-16-22(17-15-21)36-18-29(10-2,19-37-25(32)27(3,4)23(30)34-7)20-38-26(33)28(5,6)24(31)35-8/h14-17H,9-13,18-20H2,1-8H3. The molecule has 0 fully saturated rings. The summed E-state index contributed by atoms with van der Waals surface area (Å²) in [7, 11) is 2.39. The average molecular weight is 537 g/mol. The van der Waals surface area contributed by atoms with Gasteiger partial charge in [0.15, 0.2) is 10.8 Å². The Kier molecular flexibility index (Phi) is 12.8. The Balaban J connectivity index is 3.07. The molecule has 0 spiro atoms. The van der Waals surface area contributed by atoms with Crippen LogP contribution in [-0.4, -0.2) is 57.9 Å². The first-order valence-corrected chi connectivity index (χ1v) is 13.0. The van der Waals surface area contributed by atoms with Crippen LogP contribution in [0.4, 0.5) is 0 Å². The van der Waals surface area contributed by atoms with Crippen LogP contribution in [0.25, 0.3) is 0 Å². The molecule has 0 atom stereocenters. The van der Waals surface area contributed by atoms with E-state index in [0.29, 0.717) is 12.2 Å². The summed E-state index contributed by atoms with van der Waals surface area (Å²) in [5.41, 5.74) is -2.78. The van der Waals surface area contributed by atoms with Crippen molar-refractivity contribution in [2.45, 2.75) is 73.6 Å². The van der Waals surface area contributed by atoms with Crippen molar-refractivity contribution in [3.05, 3.63) is 29.8 Å². The highest BCUT2D eigenvalue weighted by molar-refractivity contribution is 5.99. The lowest BCUT2D eigenvalue weighted by Crippen LogP contribution is -2.44. The third kappa shape index (κ3) is 9.03. The van der Waals surface area contributed by atoms with Gasteiger partial charge in [0.05, 0.1) is 19.6 Å². The number of hydrogen-bond acceptors (Lipinski definition) is 9. The molecule has 0 unspecified atom stereocenters. The number of hydrogen-bond donors (Lipinski definition) is 0. The third-order valence-corrected chi connectivity index (χ3v) is 6.72. The normalized spacial score (nSPS) is 11.9. The van der Waals surface area contributed by atoms with E-state index in [2.05, 4.69) is 6.92 Å². The Hall–Kier alpha value is -3.10. The lowest BCUT2D eigenvalue weighted by atomic mass is 9.87. The van der Waals surface area contributed by atoms with E-state index < -0.39 is 40.1 Å². The van der Waals surface area contributed by atoms with Gasteiger partial charge in [0.25, 0.3) is 0 Å². The number of ether oxygens (including phenoxy) is 5. The summed E-state index contributed by atoms with van der Waals surface area (Å²) in [6.07, 6.45) is 4.85. The molecule has 0 amide bonds. The largest absolute Gasteiger partial charge is 0.493 e. The molecule has 0 heterocycles. The summed E-state index contributed by atoms with van der Waals surface area (Å²) in [5.74, 6) is -2.40. The van der Waals surface area contributed by atoms with Gasteiger partial charge < -0.3 is 23.7 Å². The molecule has 0 aliphatic carbocycles. The minimum absolute atomic E-state index is 0.0521. The van der Waals surface area contributed by atoms with Gasteiger partial charge in [0.2, 0.25) is 0 Å². The molecule has 38 heavy (non-hydrogen) atoms. The Bertz CT molecular complexity index is 888. The Labute approximate surface area is 226 Å². The molecule has 1 aromatic rings. The van der Waals surface area contributed by atoms with Crippen molar-refractivity contribution in [2.24, 2.45) is 16.2 Å². The van der Waals surface area contributed by atoms with Crippen molar-refractivity contribution >= 4 is 23.9 Å². The third-order valence-electron chi connectivity index (χ3n) is 6.72. The zero-order valence-electron chi connectivity index (χ0n) is 24.1. The smallest absolute Gasteiger partial charge is 0.322 e. The minimum Gasteiger partial charge on any atom is -0.493 e. The monoisotopic (exact) mass is 536 g/mol. The molecule has 9 nitrogen and oxygen atoms in total. The van der Waals surface area contributed by atoms with Crippen LogP contribution < -0.4 is 4.74 Å². The molecule has 1 aromatic carbocycles. The van der Waals surface area contributed by atoms with Crippen LogP contribution in [0.15, 0.2) is 24.3 Å². The second-order valence-electron chi connectivity index (χ2n) is 10.6. The van der Waals surface area contributed by atoms with Gasteiger partial charge in [0.1, 0.15) is 25.6 Å². The number of carbonyl (C=O) groups is 4. The van der Waals surface area contributed by atoms with Crippen molar-refractivity contribution in [3.8, 4) is 5.75 Å². The fourth-order valence-corrected chi connectivity index (χ4v) is 3.47. The average Bonchev–Trinajstić information content (AvgIpc) is 2.92. The van der Waals surface area contributed by atoms with Crippen LogP contribution in [0.3, 0.4) is 0 Å². The summed E-state index contributed by atoms with van der Waals surface area (Å²) in [4.78, 5) is 49.6. The highest BCUT2D eigenvalue weighted by Gasteiger charge is 2.43. The fourth-order valence-electron chi connectivity index (χ4n) is 3.47. The molecule has 1 rings (SSSR count). The Morgan fingerprint density at radius 2 is 1.16 bits per heavy atom. The zero-order valence-corrected chi connectivity index (χ0v) is 24.1. The lowest BCUT2D eigenvalue weighted by Gasteiger charge is -2.33. The number of aryl methyl sites for hydroxylation is 1. The highest BCUT2D eigenvalue weighted by atomic mass is 16.6. The summed E-state index contributed by atoms with van der Waals surface area (Å²) < 4.78 is 26.5. The summed E-state index contributed by atoms with van der Waals surface area (Å²) in [6, 6.07) is 7.77. The number of carbonyl (C=O) groups excluding carboxylic acids is 4. The lowest BCUT2D eigenvalue weighted by molar-refractivity contribution is -0.175. The predicted molar refractivity (Wildman–Crippen MR) is 141 cm³/mol. The summed E-state index contributed by atoms with van der Waals surface area (Å²) in [5, 5.41) is 0. The predicted octanol–water partition coefficient (Wildman–Crippen LogP) is 4.68. The number of esters is 4. The van der Waals surface area contributed by atoms with Gasteiger partial charge in [0, 0.05) is 0 Å². The van der Waals surface area contributed by atoms with E-state index in [1.807, 2.05) is 31.2 Å². The molecule has 0 aliphatic heterocycles. The van der Waals surface area contributed by atoms with E-state index in [1.165, 1.54) is 53.9 Å².